The number of aromatic hydroxyl groups is 1. The average molecular weight is 230 g/mol. The number of phenolic OH excluding ortho intramolecular Hbond substituents is 1. The molecule has 3 rings (SSSR count). The van der Waals surface area contributed by atoms with Crippen LogP contribution in [0, 0.1) is 0 Å². The third-order valence-electron chi connectivity index (χ3n) is 3.17. The Labute approximate surface area is 98.7 Å². The van der Waals surface area contributed by atoms with Crippen molar-refractivity contribution < 1.29 is 5.11 Å². The highest BCUT2D eigenvalue weighted by atomic mass is 16.3. The monoisotopic (exact) mass is 230 g/mol. The van der Waals surface area contributed by atoms with E-state index in [2.05, 4.69) is 15.3 Å². The molecule has 5 heteroatoms. The highest BCUT2D eigenvalue weighted by molar-refractivity contribution is 5.83. The van der Waals surface area contributed by atoms with Gasteiger partial charge in [0.2, 0.25) is 5.95 Å². The molecule has 1 atom stereocenters. The Morgan fingerprint density at radius 1 is 1.35 bits per heavy atom. The van der Waals surface area contributed by atoms with Gasteiger partial charge in [-0.05, 0) is 31.2 Å². The number of fused-ring (bicyclic) bond motifs is 1. The van der Waals surface area contributed by atoms with Gasteiger partial charge in [-0.1, -0.05) is 0 Å². The van der Waals surface area contributed by atoms with Crippen molar-refractivity contribution in [1.82, 2.24) is 15.3 Å². The molecule has 0 amide bonds. The second-order valence-electron chi connectivity index (χ2n) is 4.36. The van der Waals surface area contributed by atoms with Crippen LogP contribution in [0.15, 0.2) is 18.2 Å². The van der Waals surface area contributed by atoms with Crippen molar-refractivity contribution in [2.24, 2.45) is 0 Å². The van der Waals surface area contributed by atoms with Crippen molar-refractivity contribution in [3.63, 3.8) is 0 Å². The first-order chi connectivity index (χ1) is 8.24. The molecule has 2 heterocycles. The molecule has 88 valence electrons. The molecular formula is C12H14N4O. The fourth-order valence-corrected chi connectivity index (χ4v) is 2.36. The van der Waals surface area contributed by atoms with Crippen LogP contribution >= 0.6 is 0 Å². The van der Waals surface area contributed by atoms with E-state index >= 15 is 0 Å². The topological polar surface area (TPSA) is 84.1 Å². The first-order valence-electron chi connectivity index (χ1n) is 5.71. The Bertz CT molecular complexity index is 564. The second kappa shape index (κ2) is 3.85. The van der Waals surface area contributed by atoms with Crippen LogP contribution in [0.4, 0.5) is 5.95 Å². The van der Waals surface area contributed by atoms with Crippen LogP contribution in [-0.4, -0.2) is 28.2 Å². The summed E-state index contributed by atoms with van der Waals surface area (Å²) in [7, 11) is 0. The Balaban J connectivity index is 2.23. The van der Waals surface area contributed by atoms with Gasteiger partial charge in [0.15, 0.2) is 0 Å². The second-order valence-corrected chi connectivity index (χ2v) is 4.36. The quantitative estimate of drug-likeness (QED) is 0.680. The molecule has 0 radical (unpaired) electrons. The summed E-state index contributed by atoms with van der Waals surface area (Å²) >= 11 is 0. The van der Waals surface area contributed by atoms with Crippen LogP contribution in [-0.2, 0) is 0 Å². The molecule has 1 saturated heterocycles. The van der Waals surface area contributed by atoms with Crippen LogP contribution in [0.5, 0.6) is 5.75 Å². The number of nitrogens with zero attached hydrogens (tertiary/aromatic N) is 2. The summed E-state index contributed by atoms with van der Waals surface area (Å²) in [4.78, 5) is 8.52. The van der Waals surface area contributed by atoms with Gasteiger partial charge >= 0.3 is 0 Å². The number of rotatable bonds is 1. The maximum atomic E-state index is 9.56. The molecule has 0 bridgehead atoms. The lowest BCUT2D eigenvalue weighted by atomic mass is 10.00. The number of hydrogen-bond donors (Lipinski definition) is 3. The minimum absolute atomic E-state index is 0.234. The van der Waals surface area contributed by atoms with Crippen molar-refractivity contribution in [2.45, 2.75) is 12.3 Å². The number of aromatic nitrogens is 2. The van der Waals surface area contributed by atoms with Gasteiger partial charge < -0.3 is 16.2 Å². The summed E-state index contributed by atoms with van der Waals surface area (Å²) in [5, 5.41) is 13.8. The van der Waals surface area contributed by atoms with Crippen molar-refractivity contribution in [1.29, 1.82) is 0 Å². The van der Waals surface area contributed by atoms with E-state index in [4.69, 9.17) is 5.73 Å². The number of benzene rings is 1. The maximum Gasteiger partial charge on any atom is 0.220 e. The van der Waals surface area contributed by atoms with E-state index in [0.717, 1.165) is 36.1 Å². The zero-order chi connectivity index (χ0) is 11.8. The van der Waals surface area contributed by atoms with Crippen molar-refractivity contribution >= 4 is 16.9 Å². The molecule has 0 aliphatic carbocycles. The van der Waals surface area contributed by atoms with Gasteiger partial charge in [0.25, 0.3) is 0 Å². The lowest BCUT2D eigenvalue weighted by Gasteiger charge is -2.11. The van der Waals surface area contributed by atoms with Gasteiger partial charge in [0.1, 0.15) is 5.75 Å². The number of nitrogen functional groups attached to an aromatic ring is 1. The zero-order valence-corrected chi connectivity index (χ0v) is 9.35. The predicted molar refractivity (Wildman–Crippen MR) is 65.8 cm³/mol. The summed E-state index contributed by atoms with van der Waals surface area (Å²) in [5.41, 5.74) is 7.45. The molecule has 2 aromatic rings. The molecule has 5 nitrogen and oxygen atoms in total. The normalized spacial score (nSPS) is 19.9. The number of phenols is 1. The van der Waals surface area contributed by atoms with Gasteiger partial charge in [0, 0.05) is 17.8 Å². The lowest BCUT2D eigenvalue weighted by Crippen LogP contribution is -2.10. The largest absolute Gasteiger partial charge is 0.508 e. The van der Waals surface area contributed by atoms with E-state index in [1.165, 1.54) is 0 Å². The number of nitrogens with one attached hydrogen (secondary N) is 1. The van der Waals surface area contributed by atoms with Crippen LogP contribution < -0.4 is 11.1 Å². The average Bonchev–Trinajstić information content (AvgIpc) is 2.82. The highest BCUT2D eigenvalue weighted by Gasteiger charge is 2.21. The molecule has 0 saturated carbocycles. The Hall–Kier alpha value is -1.88. The first kappa shape index (κ1) is 10.3. The molecule has 17 heavy (non-hydrogen) atoms. The Morgan fingerprint density at radius 3 is 3.00 bits per heavy atom. The number of anilines is 1. The highest BCUT2D eigenvalue weighted by Crippen LogP contribution is 2.29. The maximum absolute atomic E-state index is 9.56. The molecule has 1 aromatic heterocycles. The molecule has 4 N–H and O–H groups in total. The molecule has 1 aliphatic rings. The van der Waals surface area contributed by atoms with E-state index in [-0.39, 0.29) is 5.75 Å². The van der Waals surface area contributed by atoms with Crippen LogP contribution in [0.3, 0.4) is 0 Å². The van der Waals surface area contributed by atoms with Crippen LogP contribution in [0.1, 0.15) is 18.0 Å². The zero-order valence-electron chi connectivity index (χ0n) is 9.35. The SMILES string of the molecule is Nc1nc(C2CCNC2)c2cc(O)ccc2n1. The number of hydrogen-bond acceptors (Lipinski definition) is 5. The van der Waals surface area contributed by atoms with E-state index in [1.54, 1.807) is 18.2 Å². The predicted octanol–water partition coefficient (Wildman–Crippen LogP) is 0.994. The van der Waals surface area contributed by atoms with Gasteiger partial charge in [-0.3, -0.25) is 0 Å². The number of nitrogens with two attached hydrogens (primary N) is 1. The molecule has 1 aromatic carbocycles. The third kappa shape index (κ3) is 1.78. The van der Waals surface area contributed by atoms with Gasteiger partial charge in [-0.15, -0.1) is 0 Å². The minimum atomic E-state index is 0.234. The summed E-state index contributed by atoms with van der Waals surface area (Å²) in [6, 6.07) is 5.10. The third-order valence-corrected chi connectivity index (χ3v) is 3.17. The Morgan fingerprint density at radius 2 is 2.24 bits per heavy atom. The standard InChI is InChI=1S/C12H14N4O/c13-12-15-10-2-1-8(17)5-9(10)11(16-12)7-3-4-14-6-7/h1-2,5,7,14,17H,3-4,6H2,(H2,13,15,16). The van der Waals surface area contributed by atoms with Crippen molar-refractivity contribution in [2.75, 3.05) is 18.8 Å². The molecular weight excluding hydrogens is 216 g/mol. The lowest BCUT2D eigenvalue weighted by molar-refractivity contribution is 0.476. The van der Waals surface area contributed by atoms with E-state index in [9.17, 15) is 5.11 Å². The van der Waals surface area contributed by atoms with E-state index in [1.807, 2.05) is 0 Å². The fraction of sp³-hybridized carbons (Fsp3) is 0.333. The van der Waals surface area contributed by atoms with E-state index in [0.29, 0.717) is 11.9 Å². The van der Waals surface area contributed by atoms with Crippen molar-refractivity contribution in [3.8, 4) is 5.75 Å². The van der Waals surface area contributed by atoms with Crippen LogP contribution in [0.25, 0.3) is 10.9 Å². The Kier molecular flexibility index (Phi) is 2.33. The summed E-state index contributed by atoms with van der Waals surface area (Å²) < 4.78 is 0. The minimum Gasteiger partial charge on any atom is -0.508 e. The summed E-state index contributed by atoms with van der Waals surface area (Å²) in [5.74, 6) is 0.882. The summed E-state index contributed by atoms with van der Waals surface area (Å²) in [6.45, 7) is 1.90. The molecule has 1 fully saturated rings. The van der Waals surface area contributed by atoms with Crippen LogP contribution in [0.2, 0.25) is 0 Å². The summed E-state index contributed by atoms with van der Waals surface area (Å²) in [6.07, 6.45) is 1.04. The van der Waals surface area contributed by atoms with Gasteiger partial charge in [-0.2, -0.15) is 0 Å². The molecule has 1 unspecified atom stereocenters. The van der Waals surface area contributed by atoms with E-state index < -0.39 is 0 Å². The van der Waals surface area contributed by atoms with Crippen molar-refractivity contribution in [3.05, 3.63) is 23.9 Å². The molecule has 1 aliphatic heterocycles. The molecule has 0 spiro atoms. The van der Waals surface area contributed by atoms with Gasteiger partial charge in [-0.25, -0.2) is 9.97 Å². The van der Waals surface area contributed by atoms with Gasteiger partial charge in [0.05, 0.1) is 11.2 Å². The first-order valence-corrected chi connectivity index (χ1v) is 5.71. The fourth-order valence-electron chi connectivity index (χ4n) is 2.36. The smallest absolute Gasteiger partial charge is 0.220 e.